The maximum atomic E-state index is 13.9. The molecule has 1 aliphatic heterocycles. The minimum absolute atomic E-state index is 0.0464. The van der Waals surface area contributed by atoms with E-state index >= 15 is 0 Å². The average molecular weight is 658 g/mol. The first kappa shape index (κ1) is 34.2. The zero-order valence-corrected chi connectivity index (χ0v) is 27.6. The van der Waals surface area contributed by atoms with Gasteiger partial charge in [0.05, 0.1) is 31.7 Å². The molecule has 0 spiro atoms. The lowest BCUT2D eigenvalue weighted by atomic mass is 10.1. The summed E-state index contributed by atoms with van der Waals surface area (Å²) in [5.41, 5.74) is 2.14. The number of aromatic nitrogens is 2. The summed E-state index contributed by atoms with van der Waals surface area (Å²) in [5.74, 6) is -0.747. The topological polar surface area (TPSA) is 140 Å². The summed E-state index contributed by atoms with van der Waals surface area (Å²) in [6.07, 6.45) is 0.900. The fourth-order valence-electron chi connectivity index (χ4n) is 4.74. The highest BCUT2D eigenvalue weighted by Crippen LogP contribution is 2.48. The number of hydrogen-bond acceptors (Lipinski definition) is 10. The average Bonchev–Trinajstić information content (AvgIpc) is 3.60. The number of nitrogens with one attached hydrogen (secondary N) is 1. The minimum atomic E-state index is -3.76. The van der Waals surface area contributed by atoms with Crippen LogP contribution in [0.4, 0.5) is 4.79 Å². The van der Waals surface area contributed by atoms with E-state index in [-0.39, 0.29) is 51.2 Å². The Morgan fingerprint density at radius 2 is 1.64 bits per heavy atom. The molecule has 1 fully saturated rings. The van der Waals surface area contributed by atoms with Crippen LogP contribution in [0.15, 0.2) is 53.2 Å². The zero-order valence-electron chi connectivity index (χ0n) is 25.8. The van der Waals surface area contributed by atoms with Crippen LogP contribution in [0.5, 0.6) is 0 Å². The summed E-state index contributed by atoms with van der Waals surface area (Å²) >= 11 is 1.50. The lowest BCUT2D eigenvalue weighted by Crippen LogP contribution is -2.57. The van der Waals surface area contributed by atoms with Crippen molar-refractivity contribution in [3.8, 4) is 22.6 Å². The Hall–Kier alpha value is -3.64. The Balaban J connectivity index is 1.58. The quantitative estimate of drug-likeness (QED) is 0.180. The summed E-state index contributed by atoms with van der Waals surface area (Å²) < 4.78 is 29.9. The first-order valence-corrected chi connectivity index (χ1v) is 17.8. The summed E-state index contributed by atoms with van der Waals surface area (Å²) in [6.45, 7) is 6.88. The van der Waals surface area contributed by atoms with E-state index in [1.165, 1.54) is 16.2 Å². The van der Waals surface area contributed by atoms with Crippen LogP contribution in [-0.4, -0.2) is 95.9 Å². The summed E-state index contributed by atoms with van der Waals surface area (Å²) in [5, 5.41) is 6.60. The number of rotatable bonds is 14. The Morgan fingerprint density at radius 3 is 2.27 bits per heavy atom. The molecule has 0 radical (unpaired) electrons. The Bertz CT molecular complexity index is 1460. The molecule has 0 aliphatic carbocycles. The largest absolute Gasteiger partial charge is 0.449 e. The predicted octanol–water partition coefficient (Wildman–Crippen LogP) is 5.32. The molecule has 2 aromatic heterocycles. The highest BCUT2D eigenvalue weighted by Gasteiger charge is 2.37. The molecule has 12 nitrogen and oxygen atoms in total. The van der Waals surface area contributed by atoms with Crippen LogP contribution in [-0.2, 0) is 23.1 Å². The van der Waals surface area contributed by atoms with Gasteiger partial charge in [0.15, 0.2) is 5.82 Å². The van der Waals surface area contributed by atoms with Crippen molar-refractivity contribution >= 4 is 36.8 Å². The van der Waals surface area contributed by atoms with E-state index < -0.39 is 31.5 Å². The van der Waals surface area contributed by atoms with Crippen molar-refractivity contribution in [3.05, 3.63) is 58.9 Å². The summed E-state index contributed by atoms with van der Waals surface area (Å²) in [6, 6.07) is 11.5. The molecule has 45 heavy (non-hydrogen) atoms. The summed E-state index contributed by atoms with van der Waals surface area (Å²) in [4.78, 5) is 52.4. The molecular formula is C31H40N5O7PS. The molecule has 1 aromatic carbocycles. The second-order valence-corrected chi connectivity index (χ2v) is 13.2. The highest BCUT2D eigenvalue weighted by atomic mass is 32.1. The zero-order chi connectivity index (χ0) is 32.2. The monoisotopic (exact) mass is 657 g/mol. The van der Waals surface area contributed by atoms with Crippen molar-refractivity contribution in [1.29, 1.82) is 0 Å². The van der Waals surface area contributed by atoms with E-state index in [1.807, 2.05) is 54.1 Å². The minimum Gasteiger partial charge on any atom is -0.449 e. The van der Waals surface area contributed by atoms with Gasteiger partial charge in [-0.15, -0.1) is 0 Å². The van der Waals surface area contributed by atoms with Crippen molar-refractivity contribution in [2.24, 2.45) is 0 Å². The third-order valence-electron chi connectivity index (χ3n) is 7.04. The smallest absolute Gasteiger partial charge is 0.409 e. The molecule has 1 saturated heterocycles. The number of thiophene rings is 1. The van der Waals surface area contributed by atoms with E-state index in [9.17, 15) is 18.9 Å². The molecule has 3 aromatic rings. The Kier molecular flexibility index (Phi) is 12.6. The van der Waals surface area contributed by atoms with Gasteiger partial charge in [-0.3, -0.25) is 14.2 Å². The highest BCUT2D eigenvalue weighted by molar-refractivity contribution is 7.54. The molecule has 242 valence electrons. The van der Waals surface area contributed by atoms with Gasteiger partial charge in [-0.2, -0.15) is 11.3 Å². The number of carbonyl (C=O) groups excluding carboxylic acids is 3. The number of nitrogens with zero attached hydrogens (tertiary/aromatic N) is 4. The Morgan fingerprint density at radius 1 is 0.956 bits per heavy atom. The lowest BCUT2D eigenvalue weighted by molar-refractivity contribution is -0.134. The fourth-order valence-corrected chi connectivity index (χ4v) is 7.16. The number of ether oxygens (including phenoxy) is 1. The first-order valence-electron chi connectivity index (χ1n) is 15.1. The van der Waals surface area contributed by atoms with Gasteiger partial charge in [0, 0.05) is 42.7 Å². The Labute approximate surface area is 267 Å². The van der Waals surface area contributed by atoms with Gasteiger partial charge in [-0.1, -0.05) is 43.7 Å². The third-order valence-corrected chi connectivity index (χ3v) is 9.84. The van der Waals surface area contributed by atoms with Crippen LogP contribution in [0, 0.1) is 0 Å². The van der Waals surface area contributed by atoms with Gasteiger partial charge in [-0.25, -0.2) is 14.8 Å². The number of unbranched alkanes of at least 4 members (excludes halogenated alkanes) is 1. The predicted molar refractivity (Wildman–Crippen MR) is 172 cm³/mol. The molecule has 4 rings (SSSR count). The number of carbonyl (C=O) groups is 3. The number of benzene rings is 1. The van der Waals surface area contributed by atoms with E-state index in [2.05, 4.69) is 15.3 Å². The van der Waals surface area contributed by atoms with Gasteiger partial charge >= 0.3 is 13.7 Å². The van der Waals surface area contributed by atoms with Crippen LogP contribution < -0.4 is 5.32 Å². The molecule has 3 heterocycles. The molecule has 1 N–H and O–H groups in total. The van der Waals surface area contributed by atoms with Crippen molar-refractivity contribution in [3.63, 3.8) is 0 Å². The van der Waals surface area contributed by atoms with Gasteiger partial charge in [-0.05, 0) is 37.8 Å². The molecular weight excluding hydrogens is 617 g/mol. The van der Waals surface area contributed by atoms with Gasteiger partial charge in [0.1, 0.15) is 11.7 Å². The maximum absolute atomic E-state index is 13.9. The maximum Gasteiger partial charge on any atom is 0.409 e. The first-order chi connectivity index (χ1) is 21.8. The second-order valence-electron chi connectivity index (χ2n) is 10.3. The molecule has 1 atom stereocenters. The van der Waals surface area contributed by atoms with Crippen molar-refractivity contribution in [2.45, 2.75) is 39.7 Å². The van der Waals surface area contributed by atoms with Gasteiger partial charge in [0.2, 0.25) is 5.91 Å². The third kappa shape index (κ3) is 9.43. The number of piperazine rings is 1. The van der Waals surface area contributed by atoms with Crippen molar-refractivity contribution in [1.82, 2.24) is 25.1 Å². The normalized spacial score (nSPS) is 14.2. The van der Waals surface area contributed by atoms with Crippen LogP contribution >= 0.6 is 18.9 Å². The van der Waals surface area contributed by atoms with E-state index in [4.69, 9.17) is 13.8 Å². The lowest BCUT2D eigenvalue weighted by Gasteiger charge is -2.36. The SMILES string of the molecule is CCCCOC(=O)N1CCN(C(=O)C(CP(=O)(OCC)OCC)NC(=O)c2cc(-c3ccsc3)nc(-c3ccccc3)n2)CC1. The number of amides is 3. The van der Waals surface area contributed by atoms with Crippen LogP contribution in [0.3, 0.4) is 0 Å². The molecule has 3 amide bonds. The van der Waals surface area contributed by atoms with E-state index in [1.54, 1.807) is 24.8 Å². The number of hydrogen-bond donors (Lipinski definition) is 1. The molecule has 0 saturated carbocycles. The van der Waals surface area contributed by atoms with Crippen molar-refractivity contribution < 1.29 is 32.7 Å². The molecule has 0 bridgehead atoms. The molecule has 1 aliphatic rings. The van der Waals surface area contributed by atoms with Gasteiger partial charge < -0.3 is 28.9 Å². The van der Waals surface area contributed by atoms with E-state index in [0.29, 0.717) is 18.1 Å². The van der Waals surface area contributed by atoms with Gasteiger partial charge in [0.25, 0.3) is 5.91 Å². The standard InChI is InChI=1S/C31H40N5O7PS/c1-4-7-18-41-31(39)36-16-14-35(15-17-36)30(38)27(21-44(40,42-5-2)43-6-3)34-29(37)26-20-25(24-13-19-45-22-24)32-28(33-26)23-11-9-8-10-12-23/h8-13,19-20,22,27H,4-7,14-18,21H2,1-3H3,(H,34,37). The molecule has 1 unspecified atom stereocenters. The van der Waals surface area contributed by atoms with Crippen LogP contribution in [0.25, 0.3) is 22.6 Å². The molecule has 14 heteroatoms. The second kappa shape index (κ2) is 16.6. The van der Waals surface area contributed by atoms with Crippen LogP contribution in [0.2, 0.25) is 0 Å². The van der Waals surface area contributed by atoms with E-state index in [0.717, 1.165) is 24.0 Å². The van der Waals surface area contributed by atoms with Crippen molar-refractivity contribution in [2.75, 3.05) is 52.2 Å². The van der Waals surface area contributed by atoms with Crippen LogP contribution in [0.1, 0.15) is 44.1 Å². The fraction of sp³-hybridized carbons (Fsp3) is 0.452. The summed E-state index contributed by atoms with van der Waals surface area (Å²) in [7, 11) is -3.76.